The zero-order valence-corrected chi connectivity index (χ0v) is 15.5. The Bertz CT molecular complexity index is 1120. The molecule has 6 nitrogen and oxygen atoms in total. The zero-order chi connectivity index (χ0) is 19.0. The summed E-state index contributed by atoms with van der Waals surface area (Å²) in [6, 6.07) is 12.0. The number of carbonyl (C=O) groups is 1. The number of fused-ring (bicyclic) bond motifs is 1. The van der Waals surface area contributed by atoms with Crippen molar-refractivity contribution in [2.45, 2.75) is 13.8 Å². The van der Waals surface area contributed by atoms with Crippen molar-refractivity contribution in [3.8, 4) is 11.4 Å². The lowest BCUT2D eigenvalue weighted by Crippen LogP contribution is -2.28. The molecule has 0 radical (unpaired) electrons. The molecule has 0 fully saturated rings. The number of rotatable bonds is 3. The van der Waals surface area contributed by atoms with Crippen LogP contribution in [0.25, 0.3) is 22.3 Å². The number of aromatic nitrogens is 2. The summed E-state index contributed by atoms with van der Waals surface area (Å²) in [4.78, 5) is 23.4. The van der Waals surface area contributed by atoms with Gasteiger partial charge in [0.15, 0.2) is 5.82 Å². The van der Waals surface area contributed by atoms with Crippen molar-refractivity contribution in [3.63, 3.8) is 0 Å². The monoisotopic (exact) mass is 357 g/mol. The smallest absolute Gasteiger partial charge is 0.257 e. The zero-order valence-electron chi connectivity index (χ0n) is 15.5. The highest BCUT2D eigenvalue weighted by Gasteiger charge is 2.19. The molecule has 1 aliphatic heterocycles. The number of azo groups is 1. The minimum Gasteiger partial charge on any atom is -0.311 e. The third kappa shape index (κ3) is 3.21. The molecule has 1 amide bonds. The summed E-state index contributed by atoms with van der Waals surface area (Å²) >= 11 is 0. The molecule has 134 valence electrons. The molecule has 0 N–H and O–H groups in total. The fourth-order valence-electron chi connectivity index (χ4n) is 3.18. The molecule has 27 heavy (non-hydrogen) atoms. The molecule has 4 rings (SSSR count). The van der Waals surface area contributed by atoms with Crippen LogP contribution in [0.3, 0.4) is 0 Å². The maximum atomic E-state index is 12.5. The van der Waals surface area contributed by atoms with E-state index in [1.54, 1.807) is 11.9 Å². The van der Waals surface area contributed by atoms with Crippen LogP contribution < -0.4 is 4.90 Å². The number of hydrogen-bond donors (Lipinski definition) is 0. The Morgan fingerprint density at radius 3 is 2.70 bits per heavy atom. The normalized spacial score (nSPS) is 13.1. The van der Waals surface area contributed by atoms with E-state index in [-0.39, 0.29) is 5.91 Å². The number of likely N-dealkylation sites (N-methyl/N-ethyl adjacent to an activating group) is 1. The van der Waals surface area contributed by atoms with Gasteiger partial charge in [0.1, 0.15) is 0 Å². The second kappa shape index (κ2) is 6.72. The molecule has 0 aliphatic carbocycles. The van der Waals surface area contributed by atoms with Crippen LogP contribution in [0.4, 0.5) is 5.69 Å². The molecule has 0 bridgehead atoms. The van der Waals surface area contributed by atoms with E-state index in [0.29, 0.717) is 17.9 Å². The van der Waals surface area contributed by atoms with Crippen LogP contribution in [0, 0.1) is 13.8 Å². The van der Waals surface area contributed by atoms with Crippen molar-refractivity contribution < 1.29 is 4.79 Å². The van der Waals surface area contributed by atoms with Gasteiger partial charge in [0, 0.05) is 29.9 Å². The first-order chi connectivity index (χ1) is 13.0. The van der Waals surface area contributed by atoms with E-state index in [4.69, 9.17) is 0 Å². The van der Waals surface area contributed by atoms with Gasteiger partial charge >= 0.3 is 0 Å². The highest BCUT2D eigenvalue weighted by Crippen LogP contribution is 2.27. The van der Waals surface area contributed by atoms with Gasteiger partial charge in [-0.25, -0.2) is 9.97 Å². The Morgan fingerprint density at radius 2 is 1.96 bits per heavy atom. The average molecular weight is 357 g/mol. The van der Waals surface area contributed by atoms with E-state index >= 15 is 0 Å². The van der Waals surface area contributed by atoms with Gasteiger partial charge in [0.25, 0.3) is 5.91 Å². The summed E-state index contributed by atoms with van der Waals surface area (Å²) in [7, 11) is 1.76. The Hall–Kier alpha value is -3.41. The molecule has 6 heteroatoms. The van der Waals surface area contributed by atoms with Crippen LogP contribution in [0.5, 0.6) is 0 Å². The van der Waals surface area contributed by atoms with Gasteiger partial charge in [-0.3, -0.25) is 4.79 Å². The number of carbonyl (C=O) groups excluding carboxylic acids is 1. The highest BCUT2D eigenvalue weighted by molar-refractivity contribution is 6.06. The molecule has 0 saturated heterocycles. The molecule has 2 aromatic carbocycles. The van der Waals surface area contributed by atoms with Crippen LogP contribution in [-0.4, -0.2) is 29.5 Å². The molecule has 0 saturated carbocycles. The second-order valence-corrected chi connectivity index (χ2v) is 6.69. The maximum absolute atomic E-state index is 12.5. The van der Waals surface area contributed by atoms with Gasteiger partial charge in [-0.15, -0.1) is 0 Å². The Labute approximate surface area is 157 Å². The summed E-state index contributed by atoms with van der Waals surface area (Å²) in [5, 5.41) is 8.63. The van der Waals surface area contributed by atoms with E-state index in [9.17, 15) is 4.79 Å². The molecular weight excluding hydrogens is 338 g/mol. The van der Waals surface area contributed by atoms with Crippen LogP contribution in [-0.2, 0) is 4.79 Å². The van der Waals surface area contributed by atoms with E-state index < -0.39 is 0 Å². The minimum absolute atomic E-state index is 0.0897. The number of hydrogen-bond acceptors (Lipinski definition) is 5. The number of anilines is 1. The standard InChI is InChI=1S/C21H19N5O/c1-13-4-6-18-16(8-13)10-22-20(25-18)15-5-7-19(14(2)9-15)26(3)21(27)17-11-23-24-12-17/h4-11H,12H2,1-3H3. The van der Waals surface area contributed by atoms with Crippen molar-refractivity contribution >= 4 is 22.5 Å². The lowest BCUT2D eigenvalue weighted by Gasteiger charge is -2.20. The topological polar surface area (TPSA) is 70.8 Å². The van der Waals surface area contributed by atoms with Crippen molar-refractivity contribution in [2.75, 3.05) is 18.5 Å². The fourth-order valence-corrected chi connectivity index (χ4v) is 3.18. The van der Waals surface area contributed by atoms with Gasteiger partial charge in [0.2, 0.25) is 0 Å². The first-order valence-electron chi connectivity index (χ1n) is 8.71. The predicted molar refractivity (Wildman–Crippen MR) is 106 cm³/mol. The predicted octanol–water partition coefficient (Wildman–Crippen LogP) is 4.23. The molecule has 0 spiro atoms. The summed E-state index contributed by atoms with van der Waals surface area (Å²) in [5.41, 5.74) is 5.43. The van der Waals surface area contributed by atoms with Gasteiger partial charge in [-0.2, -0.15) is 10.2 Å². The summed E-state index contributed by atoms with van der Waals surface area (Å²) in [6.45, 7) is 4.37. The van der Waals surface area contributed by atoms with E-state index in [0.717, 1.165) is 27.7 Å². The van der Waals surface area contributed by atoms with E-state index in [1.165, 1.54) is 11.8 Å². The third-order valence-electron chi connectivity index (χ3n) is 4.67. The van der Waals surface area contributed by atoms with Gasteiger partial charge in [-0.05, 0) is 49.7 Å². The van der Waals surface area contributed by atoms with Crippen molar-refractivity contribution in [2.24, 2.45) is 10.2 Å². The van der Waals surface area contributed by atoms with Crippen LogP contribution in [0.15, 0.2) is 64.6 Å². The van der Waals surface area contributed by atoms with E-state index in [2.05, 4.69) is 33.2 Å². The van der Waals surface area contributed by atoms with Crippen molar-refractivity contribution in [3.05, 3.63) is 65.5 Å². The molecule has 0 atom stereocenters. The largest absolute Gasteiger partial charge is 0.311 e. The van der Waals surface area contributed by atoms with Gasteiger partial charge < -0.3 is 4.90 Å². The van der Waals surface area contributed by atoms with Gasteiger partial charge in [-0.1, -0.05) is 11.6 Å². The number of amides is 1. The fraction of sp³-hybridized carbons (Fsp3) is 0.190. The Balaban J connectivity index is 1.65. The number of aryl methyl sites for hydroxylation is 2. The quantitative estimate of drug-likeness (QED) is 0.704. The number of benzene rings is 2. The van der Waals surface area contributed by atoms with Crippen LogP contribution in [0.1, 0.15) is 11.1 Å². The summed E-state index contributed by atoms with van der Waals surface area (Å²) in [5.74, 6) is 0.583. The van der Waals surface area contributed by atoms with Gasteiger partial charge in [0.05, 0.1) is 23.8 Å². The van der Waals surface area contributed by atoms with Crippen LogP contribution in [0.2, 0.25) is 0 Å². The first-order valence-corrected chi connectivity index (χ1v) is 8.71. The SMILES string of the molecule is Cc1ccc2nc(-c3ccc(N(C)C(=O)C4=CN=NC4)c(C)c3)ncc2c1. The summed E-state index contributed by atoms with van der Waals surface area (Å²) in [6.07, 6.45) is 3.37. The Kier molecular flexibility index (Phi) is 4.24. The first kappa shape index (κ1) is 17.0. The lowest BCUT2D eigenvalue weighted by molar-refractivity contribution is -0.114. The lowest BCUT2D eigenvalue weighted by atomic mass is 10.1. The third-order valence-corrected chi connectivity index (χ3v) is 4.67. The van der Waals surface area contributed by atoms with Crippen LogP contribution >= 0.6 is 0 Å². The highest BCUT2D eigenvalue weighted by atomic mass is 16.2. The molecule has 0 unspecified atom stereocenters. The number of nitrogens with zero attached hydrogens (tertiary/aromatic N) is 5. The molecule has 1 aromatic heterocycles. The molecule has 1 aliphatic rings. The Morgan fingerprint density at radius 1 is 1.11 bits per heavy atom. The van der Waals surface area contributed by atoms with Crippen molar-refractivity contribution in [1.29, 1.82) is 0 Å². The van der Waals surface area contributed by atoms with Crippen molar-refractivity contribution in [1.82, 2.24) is 9.97 Å². The minimum atomic E-state index is -0.0897. The maximum Gasteiger partial charge on any atom is 0.257 e. The molecule has 3 aromatic rings. The molecule has 2 heterocycles. The second-order valence-electron chi connectivity index (χ2n) is 6.69. The van der Waals surface area contributed by atoms with E-state index in [1.807, 2.05) is 43.5 Å². The summed E-state index contributed by atoms with van der Waals surface area (Å²) < 4.78 is 0. The molecular formula is C21H19N5O. The average Bonchev–Trinajstić information content (AvgIpc) is 3.21.